The molecule has 0 unspecified atom stereocenters. The first kappa shape index (κ1) is 12.6. The summed E-state index contributed by atoms with van der Waals surface area (Å²) in [5.41, 5.74) is 8.19. The van der Waals surface area contributed by atoms with Gasteiger partial charge in [0.05, 0.1) is 5.69 Å². The van der Waals surface area contributed by atoms with Gasteiger partial charge < -0.3 is 15.6 Å². The third-order valence-corrected chi connectivity index (χ3v) is 3.12. The molecule has 18 heavy (non-hydrogen) atoms. The number of amides is 1. The lowest BCUT2D eigenvalue weighted by Crippen LogP contribution is -2.13. The van der Waals surface area contributed by atoms with Crippen LogP contribution in [0.4, 0.5) is 11.4 Å². The number of nitrogens with one attached hydrogen (secondary N) is 1. The standard InChI is InChI=1S/C12H12BrN3O2/c1-6-3-8(13)10(5-9(6)14)15-12(17)11-4-7(2)18-16-11/h3-5H,14H2,1-2H3,(H,15,17). The van der Waals surface area contributed by atoms with Crippen molar-refractivity contribution in [2.45, 2.75) is 13.8 Å². The number of carbonyl (C=O) groups is 1. The zero-order valence-corrected chi connectivity index (χ0v) is 11.5. The zero-order chi connectivity index (χ0) is 13.3. The van der Waals surface area contributed by atoms with Crippen LogP contribution in [0.25, 0.3) is 0 Å². The summed E-state index contributed by atoms with van der Waals surface area (Å²) < 4.78 is 5.62. The summed E-state index contributed by atoms with van der Waals surface area (Å²) in [6, 6.07) is 5.12. The highest BCUT2D eigenvalue weighted by Crippen LogP contribution is 2.28. The highest BCUT2D eigenvalue weighted by Gasteiger charge is 2.13. The topological polar surface area (TPSA) is 81.2 Å². The molecular formula is C12H12BrN3O2. The summed E-state index contributed by atoms with van der Waals surface area (Å²) in [6.07, 6.45) is 0. The predicted molar refractivity (Wildman–Crippen MR) is 72.5 cm³/mol. The van der Waals surface area contributed by atoms with E-state index in [0.717, 1.165) is 10.0 Å². The summed E-state index contributed by atoms with van der Waals surface area (Å²) in [6.45, 7) is 3.62. The normalized spacial score (nSPS) is 10.4. The largest absolute Gasteiger partial charge is 0.398 e. The van der Waals surface area contributed by atoms with E-state index in [9.17, 15) is 4.79 Å². The summed E-state index contributed by atoms with van der Waals surface area (Å²) >= 11 is 3.37. The second-order valence-electron chi connectivity index (χ2n) is 3.97. The molecule has 3 N–H and O–H groups in total. The van der Waals surface area contributed by atoms with Crippen LogP contribution >= 0.6 is 15.9 Å². The van der Waals surface area contributed by atoms with Crippen LogP contribution in [0.15, 0.2) is 27.2 Å². The third kappa shape index (κ3) is 2.53. The first-order valence-corrected chi connectivity index (χ1v) is 6.07. The van der Waals surface area contributed by atoms with E-state index < -0.39 is 0 Å². The molecule has 0 spiro atoms. The van der Waals surface area contributed by atoms with Gasteiger partial charge in [0, 0.05) is 16.2 Å². The molecule has 0 atom stereocenters. The number of hydrogen-bond donors (Lipinski definition) is 2. The minimum atomic E-state index is -0.337. The number of aryl methyl sites for hydroxylation is 2. The van der Waals surface area contributed by atoms with E-state index >= 15 is 0 Å². The number of nitrogen functional groups attached to an aromatic ring is 1. The number of halogens is 1. The van der Waals surface area contributed by atoms with Crippen LogP contribution < -0.4 is 11.1 Å². The van der Waals surface area contributed by atoms with Crippen molar-refractivity contribution in [1.82, 2.24) is 5.16 Å². The molecule has 0 radical (unpaired) electrons. The molecule has 0 saturated carbocycles. The first-order chi connectivity index (χ1) is 8.47. The molecule has 0 aliphatic heterocycles. The Morgan fingerprint density at radius 2 is 2.11 bits per heavy atom. The Kier molecular flexibility index (Phi) is 3.38. The minimum absolute atomic E-state index is 0.235. The minimum Gasteiger partial charge on any atom is -0.398 e. The summed E-state index contributed by atoms with van der Waals surface area (Å²) in [5, 5.41) is 6.37. The van der Waals surface area contributed by atoms with Crippen molar-refractivity contribution in [3.63, 3.8) is 0 Å². The van der Waals surface area contributed by atoms with Gasteiger partial charge in [-0.2, -0.15) is 0 Å². The number of rotatable bonds is 2. The van der Waals surface area contributed by atoms with E-state index in [2.05, 4.69) is 26.4 Å². The molecule has 0 fully saturated rings. The predicted octanol–water partition coefficient (Wildman–Crippen LogP) is 2.89. The van der Waals surface area contributed by atoms with Gasteiger partial charge in [0.1, 0.15) is 5.76 Å². The Balaban J connectivity index is 2.24. The van der Waals surface area contributed by atoms with Crippen LogP contribution in [0, 0.1) is 13.8 Å². The third-order valence-electron chi connectivity index (χ3n) is 2.46. The van der Waals surface area contributed by atoms with E-state index in [1.54, 1.807) is 19.1 Å². The van der Waals surface area contributed by atoms with Crippen LogP contribution in [0.2, 0.25) is 0 Å². The average Bonchev–Trinajstić information content (AvgIpc) is 2.73. The molecule has 94 valence electrons. The van der Waals surface area contributed by atoms with Gasteiger partial charge >= 0.3 is 0 Å². The first-order valence-electron chi connectivity index (χ1n) is 5.27. The Labute approximate surface area is 112 Å². The van der Waals surface area contributed by atoms with Crippen LogP contribution in [0.3, 0.4) is 0 Å². The maximum absolute atomic E-state index is 11.9. The molecule has 0 bridgehead atoms. The van der Waals surface area contributed by atoms with Crippen molar-refractivity contribution in [2.75, 3.05) is 11.1 Å². The fourth-order valence-corrected chi connectivity index (χ4v) is 2.00. The number of aromatic nitrogens is 1. The average molecular weight is 310 g/mol. The van der Waals surface area contributed by atoms with Gasteiger partial charge in [-0.3, -0.25) is 4.79 Å². The van der Waals surface area contributed by atoms with Crippen molar-refractivity contribution in [1.29, 1.82) is 0 Å². The van der Waals surface area contributed by atoms with Gasteiger partial charge in [-0.1, -0.05) is 5.16 Å². The van der Waals surface area contributed by atoms with Crippen LogP contribution in [-0.2, 0) is 0 Å². The molecule has 1 aromatic carbocycles. The molecule has 0 aliphatic rings. The molecule has 2 aromatic rings. The maximum atomic E-state index is 11.9. The molecule has 6 heteroatoms. The van der Waals surface area contributed by atoms with Gasteiger partial charge in [0.15, 0.2) is 5.69 Å². The van der Waals surface area contributed by atoms with Crippen LogP contribution in [-0.4, -0.2) is 11.1 Å². The summed E-state index contributed by atoms with van der Waals surface area (Å²) in [5.74, 6) is 0.249. The highest BCUT2D eigenvalue weighted by molar-refractivity contribution is 9.10. The van der Waals surface area contributed by atoms with Gasteiger partial charge in [-0.25, -0.2) is 0 Å². The van der Waals surface area contributed by atoms with Crippen LogP contribution in [0.1, 0.15) is 21.8 Å². The molecule has 1 amide bonds. The Morgan fingerprint density at radius 3 is 2.72 bits per heavy atom. The molecule has 2 rings (SSSR count). The van der Waals surface area contributed by atoms with Gasteiger partial charge in [-0.15, -0.1) is 0 Å². The fraction of sp³-hybridized carbons (Fsp3) is 0.167. The maximum Gasteiger partial charge on any atom is 0.277 e. The SMILES string of the molecule is Cc1cc(C(=O)Nc2cc(N)c(C)cc2Br)no1. The lowest BCUT2D eigenvalue weighted by molar-refractivity contribution is 0.101. The monoisotopic (exact) mass is 309 g/mol. The lowest BCUT2D eigenvalue weighted by Gasteiger charge is -2.08. The molecular weight excluding hydrogens is 298 g/mol. The van der Waals surface area contributed by atoms with E-state index in [1.807, 2.05) is 13.0 Å². The number of anilines is 2. The Morgan fingerprint density at radius 1 is 1.39 bits per heavy atom. The number of carbonyl (C=O) groups excluding carboxylic acids is 1. The zero-order valence-electron chi connectivity index (χ0n) is 9.95. The highest BCUT2D eigenvalue weighted by atomic mass is 79.9. The molecule has 1 aromatic heterocycles. The quantitative estimate of drug-likeness (QED) is 0.836. The molecule has 1 heterocycles. The number of nitrogens with zero attached hydrogens (tertiary/aromatic N) is 1. The van der Waals surface area contributed by atoms with Crippen molar-refractivity contribution in [2.24, 2.45) is 0 Å². The second kappa shape index (κ2) is 4.81. The summed E-state index contributed by atoms with van der Waals surface area (Å²) in [4.78, 5) is 11.9. The molecule has 0 aliphatic carbocycles. The van der Waals surface area contributed by atoms with Gasteiger partial charge in [-0.05, 0) is 47.5 Å². The van der Waals surface area contributed by atoms with Gasteiger partial charge in [0.25, 0.3) is 5.91 Å². The lowest BCUT2D eigenvalue weighted by atomic mass is 10.2. The Hall–Kier alpha value is -1.82. The van der Waals surface area contributed by atoms with E-state index in [-0.39, 0.29) is 11.6 Å². The van der Waals surface area contributed by atoms with E-state index in [1.165, 1.54) is 0 Å². The van der Waals surface area contributed by atoms with Crippen LogP contribution in [0.5, 0.6) is 0 Å². The summed E-state index contributed by atoms with van der Waals surface area (Å²) in [7, 11) is 0. The van der Waals surface area contributed by atoms with Crippen molar-refractivity contribution in [3.8, 4) is 0 Å². The van der Waals surface area contributed by atoms with E-state index in [4.69, 9.17) is 10.3 Å². The molecule has 5 nitrogen and oxygen atoms in total. The van der Waals surface area contributed by atoms with Gasteiger partial charge in [0.2, 0.25) is 0 Å². The molecule has 0 saturated heterocycles. The van der Waals surface area contributed by atoms with Crippen molar-refractivity contribution >= 4 is 33.2 Å². The second-order valence-corrected chi connectivity index (χ2v) is 4.82. The number of nitrogens with two attached hydrogens (primary N) is 1. The number of benzene rings is 1. The Bertz CT molecular complexity index is 607. The van der Waals surface area contributed by atoms with Crippen molar-refractivity contribution < 1.29 is 9.32 Å². The fourth-order valence-electron chi connectivity index (χ4n) is 1.45. The van der Waals surface area contributed by atoms with E-state index in [0.29, 0.717) is 17.1 Å². The number of hydrogen-bond acceptors (Lipinski definition) is 4. The van der Waals surface area contributed by atoms with Crippen molar-refractivity contribution in [3.05, 3.63) is 39.7 Å². The smallest absolute Gasteiger partial charge is 0.277 e.